The van der Waals surface area contributed by atoms with Gasteiger partial charge in [-0.3, -0.25) is 9.59 Å². The van der Waals surface area contributed by atoms with E-state index in [9.17, 15) is 9.59 Å². The van der Waals surface area contributed by atoms with E-state index in [0.29, 0.717) is 35.0 Å². The minimum absolute atomic E-state index is 0.0720. The van der Waals surface area contributed by atoms with Gasteiger partial charge in [-0.15, -0.1) is 0 Å². The van der Waals surface area contributed by atoms with Crippen LogP contribution < -0.4 is 20.1 Å². The zero-order valence-corrected chi connectivity index (χ0v) is 15.6. The van der Waals surface area contributed by atoms with Crippen molar-refractivity contribution >= 4 is 23.2 Å². The number of hydrogen-bond donors (Lipinski definition) is 2. The molecular formula is C21H22N2O5. The van der Waals surface area contributed by atoms with Gasteiger partial charge in [-0.25, -0.2) is 0 Å². The summed E-state index contributed by atoms with van der Waals surface area (Å²) < 4.78 is 16.9. The molecule has 2 unspecified atom stereocenters. The van der Waals surface area contributed by atoms with Crippen LogP contribution >= 0.6 is 0 Å². The van der Waals surface area contributed by atoms with Crippen molar-refractivity contribution in [2.75, 3.05) is 23.8 Å². The monoisotopic (exact) mass is 382 g/mol. The maximum absolute atomic E-state index is 12.8. The zero-order valence-electron chi connectivity index (χ0n) is 15.6. The summed E-state index contributed by atoms with van der Waals surface area (Å²) in [6, 6.07) is 12.2. The van der Waals surface area contributed by atoms with Gasteiger partial charge < -0.3 is 24.8 Å². The molecule has 2 atom stereocenters. The van der Waals surface area contributed by atoms with Crippen molar-refractivity contribution in [1.82, 2.24) is 0 Å². The third-order valence-corrected chi connectivity index (χ3v) is 4.75. The molecule has 2 heterocycles. The lowest BCUT2D eigenvalue weighted by atomic mass is 10.1. The average Bonchev–Trinajstić information content (AvgIpc) is 3.21. The van der Waals surface area contributed by atoms with Crippen LogP contribution in [0.5, 0.6) is 11.5 Å². The SMILES string of the molecule is CC1Oc2ccc(NC(=O)c3ccccc3OCC3CCCO3)cc2NC1=O. The first-order valence-corrected chi connectivity index (χ1v) is 9.36. The quantitative estimate of drug-likeness (QED) is 0.829. The van der Waals surface area contributed by atoms with Gasteiger partial charge in [0.25, 0.3) is 11.8 Å². The molecule has 4 rings (SSSR count). The molecule has 0 aliphatic carbocycles. The number of nitrogens with one attached hydrogen (secondary N) is 2. The molecule has 2 aromatic rings. The van der Waals surface area contributed by atoms with E-state index in [1.165, 1.54) is 0 Å². The highest BCUT2D eigenvalue weighted by atomic mass is 16.5. The van der Waals surface area contributed by atoms with Crippen LogP contribution in [-0.2, 0) is 9.53 Å². The van der Waals surface area contributed by atoms with E-state index in [0.717, 1.165) is 19.4 Å². The summed E-state index contributed by atoms with van der Waals surface area (Å²) in [7, 11) is 0. The number of ether oxygens (including phenoxy) is 3. The molecule has 2 aliphatic heterocycles. The van der Waals surface area contributed by atoms with Crippen molar-refractivity contribution in [3.8, 4) is 11.5 Å². The van der Waals surface area contributed by atoms with E-state index in [4.69, 9.17) is 14.2 Å². The van der Waals surface area contributed by atoms with Crippen LogP contribution in [0.25, 0.3) is 0 Å². The normalized spacial score (nSPS) is 20.7. The van der Waals surface area contributed by atoms with Crippen molar-refractivity contribution in [2.24, 2.45) is 0 Å². The summed E-state index contributed by atoms with van der Waals surface area (Å²) in [5.74, 6) is 0.576. The van der Waals surface area contributed by atoms with E-state index in [2.05, 4.69) is 10.6 Å². The van der Waals surface area contributed by atoms with Crippen molar-refractivity contribution < 1.29 is 23.8 Å². The number of amides is 2. The van der Waals surface area contributed by atoms with Gasteiger partial charge in [0.1, 0.15) is 18.1 Å². The molecule has 2 amide bonds. The number of carbonyl (C=O) groups is 2. The second kappa shape index (κ2) is 7.90. The Morgan fingerprint density at radius 1 is 1.29 bits per heavy atom. The lowest BCUT2D eigenvalue weighted by Gasteiger charge is -2.23. The molecule has 1 fully saturated rings. The Balaban J connectivity index is 1.47. The number of benzene rings is 2. The van der Waals surface area contributed by atoms with Gasteiger partial charge in [0.15, 0.2) is 6.10 Å². The largest absolute Gasteiger partial charge is 0.490 e. The summed E-state index contributed by atoms with van der Waals surface area (Å²) in [5, 5.41) is 5.62. The Morgan fingerprint density at radius 2 is 2.14 bits per heavy atom. The van der Waals surface area contributed by atoms with Gasteiger partial charge in [0, 0.05) is 12.3 Å². The fourth-order valence-electron chi connectivity index (χ4n) is 3.22. The summed E-state index contributed by atoms with van der Waals surface area (Å²) in [6.45, 7) is 2.86. The van der Waals surface area contributed by atoms with Crippen LogP contribution in [0.15, 0.2) is 42.5 Å². The molecule has 7 heteroatoms. The van der Waals surface area contributed by atoms with E-state index in [1.807, 2.05) is 6.07 Å². The van der Waals surface area contributed by atoms with Gasteiger partial charge in [0.05, 0.1) is 17.4 Å². The zero-order chi connectivity index (χ0) is 19.5. The molecule has 0 saturated carbocycles. The number of para-hydroxylation sites is 1. The number of hydrogen-bond acceptors (Lipinski definition) is 5. The second-order valence-corrected chi connectivity index (χ2v) is 6.86. The van der Waals surface area contributed by atoms with E-state index >= 15 is 0 Å². The molecule has 2 aromatic carbocycles. The molecule has 7 nitrogen and oxygen atoms in total. The van der Waals surface area contributed by atoms with Crippen LogP contribution in [0.3, 0.4) is 0 Å². The van der Waals surface area contributed by atoms with Crippen LogP contribution in [-0.4, -0.2) is 37.2 Å². The maximum atomic E-state index is 12.8. The average molecular weight is 382 g/mol. The molecule has 0 radical (unpaired) electrons. The van der Waals surface area contributed by atoms with Crippen LogP contribution in [0.1, 0.15) is 30.1 Å². The number of anilines is 2. The third kappa shape index (κ3) is 3.94. The Kier molecular flexibility index (Phi) is 5.16. The summed E-state index contributed by atoms with van der Waals surface area (Å²) >= 11 is 0. The van der Waals surface area contributed by atoms with Crippen LogP contribution in [0.2, 0.25) is 0 Å². The van der Waals surface area contributed by atoms with Gasteiger partial charge in [-0.05, 0) is 50.1 Å². The van der Waals surface area contributed by atoms with Gasteiger partial charge >= 0.3 is 0 Å². The first-order chi connectivity index (χ1) is 13.6. The highest BCUT2D eigenvalue weighted by Gasteiger charge is 2.24. The topological polar surface area (TPSA) is 85.9 Å². The van der Waals surface area contributed by atoms with Crippen LogP contribution in [0.4, 0.5) is 11.4 Å². The summed E-state index contributed by atoms with van der Waals surface area (Å²) in [4.78, 5) is 24.6. The molecule has 2 N–H and O–H groups in total. The maximum Gasteiger partial charge on any atom is 0.265 e. The highest BCUT2D eigenvalue weighted by molar-refractivity contribution is 6.07. The lowest BCUT2D eigenvalue weighted by molar-refractivity contribution is -0.122. The predicted octanol–water partition coefficient (Wildman–Crippen LogP) is 3.22. The number of fused-ring (bicyclic) bond motifs is 1. The minimum atomic E-state index is -0.541. The Bertz CT molecular complexity index is 892. The fraction of sp³-hybridized carbons (Fsp3) is 0.333. The molecule has 2 aliphatic rings. The fourth-order valence-corrected chi connectivity index (χ4v) is 3.22. The molecular weight excluding hydrogens is 360 g/mol. The molecule has 0 aromatic heterocycles. The second-order valence-electron chi connectivity index (χ2n) is 6.86. The van der Waals surface area contributed by atoms with Crippen molar-refractivity contribution in [3.05, 3.63) is 48.0 Å². The molecule has 0 bridgehead atoms. The van der Waals surface area contributed by atoms with Crippen molar-refractivity contribution in [1.29, 1.82) is 0 Å². The minimum Gasteiger partial charge on any atom is -0.490 e. The Labute approximate surface area is 163 Å². The van der Waals surface area contributed by atoms with Crippen molar-refractivity contribution in [2.45, 2.75) is 32.0 Å². The van der Waals surface area contributed by atoms with E-state index < -0.39 is 6.10 Å². The Hall–Kier alpha value is -3.06. The van der Waals surface area contributed by atoms with Gasteiger partial charge in [-0.1, -0.05) is 12.1 Å². The summed E-state index contributed by atoms with van der Waals surface area (Å²) in [6.07, 6.45) is 1.53. The standard InChI is InChI=1S/C21H22N2O5/c1-13-20(24)23-17-11-14(8-9-19(17)28-13)22-21(25)16-6-2-3-7-18(16)27-12-15-5-4-10-26-15/h2-3,6-9,11,13,15H,4-5,10,12H2,1H3,(H,22,25)(H,23,24). The number of carbonyl (C=O) groups excluding carboxylic acids is 2. The summed E-state index contributed by atoms with van der Waals surface area (Å²) in [5.41, 5.74) is 1.52. The van der Waals surface area contributed by atoms with Crippen LogP contribution in [0, 0.1) is 0 Å². The number of rotatable bonds is 5. The first kappa shape index (κ1) is 18.3. The lowest BCUT2D eigenvalue weighted by Crippen LogP contribution is -2.34. The smallest absolute Gasteiger partial charge is 0.265 e. The van der Waals surface area contributed by atoms with E-state index in [-0.39, 0.29) is 17.9 Å². The predicted molar refractivity (Wildman–Crippen MR) is 104 cm³/mol. The first-order valence-electron chi connectivity index (χ1n) is 9.36. The highest BCUT2D eigenvalue weighted by Crippen LogP contribution is 2.32. The van der Waals surface area contributed by atoms with Gasteiger partial charge in [0.2, 0.25) is 0 Å². The molecule has 146 valence electrons. The molecule has 1 saturated heterocycles. The van der Waals surface area contributed by atoms with E-state index in [1.54, 1.807) is 43.3 Å². The third-order valence-electron chi connectivity index (χ3n) is 4.75. The Morgan fingerprint density at radius 3 is 2.96 bits per heavy atom. The van der Waals surface area contributed by atoms with Gasteiger partial charge in [-0.2, -0.15) is 0 Å². The molecule has 28 heavy (non-hydrogen) atoms. The van der Waals surface area contributed by atoms with Crippen molar-refractivity contribution in [3.63, 3.8) is 0 Å². The molecule has 0 spiro atoms.